The number of carbonyl (C=O) groups excluding carboxylic acids is 1. The van der Waals surface area contributed by atoms with Crippen LogP contribution >= 0.6 is 0 Å². The Morgan fingerprint density at radius 3 is 1.66 bits per heavy atom. The van der Waals surface area contributed by atoms with Crippen LogP contribution in [0.3, 0.4) is 0 Å². The van der Waals surface area contributed by atoms with Gasteiger partial charge in [-0.25, -0.2) is 0 Å². The Morgan fingerprint density at radius 1 is 0.793 bits per heavy atom. The molecule has 150 valence electrons. The van der Waals surface area contributed by atoms with E-state index >= 15 is 0 Å². The summed E-state index contributed by atoms with van der Waals surface area (Å²) in [7, 11) is 0. The van der Waals surface area contributed by atoms with Crippen molar-refractivity contribution in [3.05, 3.63) is 96.7 Å². The number of amidine groups is 1. The summed E-state index contributed by atoms with van der Waals surface area (Å²) in [6, 6.07) is 19.2. The van der Waals surface area contributed by atoms with Crippen LogP contribution in [0.5, 0.6) is 11.5 Å². The lowest BCUT2D eigenvalue weighted by Gasteiger charge is -2.09. The van der Waals surface area contributed by atoms with Gasteiger partial charge in [0.1, 0.15) is 30.5 Å². The van der Waals surface area contributed by atoms with Crippen molar-refractivity contribution in [2.45, 2.75) is 13.2 Å². The van der Waals surface area contributed by atoms with Crippen molar-refractivity contribution >= 4 is 11.7 Å². The van der Waals surface area contributed by atoms with Crippen molar-refractivity contribution in [1.29, 1.82) is 5.41 Å². The van der Waals surface area contributed by atoms with E-state index in [2.05, 4.69) is 4.98 Å². The van der Waals surface area contributed by atoms with Gasteiger partial charge < -0.3 is 28.4 Å². The van der Waals surface area contributed by atoms with E-state index in [1.54, 1.807) is 48.5 Å². The van der Waals surface area contributed by atoms with Gasteiger partial charge >= 0.3 is 0 Å². The van der Waals surface area contributed by atoms with Crippen molar-refractivity contribution in [3.8, 4) is 11.5 Å². The number of hydrogen-bond acceptors (Lipinski definition) is 5. The normalized spacial score (nSPS) is 9.93. The summed E-state index contributed by atoms with van der Waals surface area (Å²) in [6.07, 6.45) is 0. The maximum Gasteiger partial charge on any atom is 0.248 e. The Bertz CT molecular complexity index is 893. The molecule has 0 bridgehead atoms. The molecule has 0 aliphatic rings. The van der Waals surface area contributed by atoms with E-state index in [0.717, 1.165) is 11.4 Å². The lowest BCUT2D eigenvalue weighted by atomic mass is 10.2. The number of nitrogens with two attached hydrogens (primary N) is 2. The molecular weight excluding hydrogens is 368 g/mol. The first-order valence-corrected chi connectivity index (χ1v) is 8.56. The van der Waals surface area contributed by atoms with Gasteiger partial charge in [-0.1, -0.05) is 6.07 Å². The van der Waals surface area contributed by atoms with E-state index in [1.807, 2.05) is 18.2 Å². The number of amides is 1. The summed E-state index contributed by atoms with van der Waals surface area (Å²) in [5, 5.41) is 7.39. The van der Waals surface area contributed by atoms with Crippen molar-refractivity contribution in [3.63, 3.8) is 0 Å². The number of ether oxygens (including phenoxy) is 2. The van der Waals surface area contributed by atoms with Gasteiger partial charge in [-0.2, -0.15) is 0 Å². The lowest BCUT2D eigenvalue weighted by molar-refractivity contribution is 0.1000. The highest BCUT2D eigenvalue weighted by atomic mass is 16.5. The molecule has 29 heavy (non-hydrogen) atoms. The third-order valence-electron chi connectivity index (χ3n) is 3.94. The molecule has 0 atom stereocenters. The Hall–Kier alpha value is -3.87. The molecule has 1 aromatic heterocycles. The molecule has 2 aromatic carbocycles. The molecule has 0 radical (unpaired) electrons. The number of benzene rings is 2. The summed E-state index contributed by atoms with van der Waals surface area (Å²) in [4.78, 5) is 15.6. The molecule has 3 aromatic rings. The predicted octanol–water partition coefficient (Wildman–Crippen LogP) is 3.07. The molecule has 5 N–H and O–H groups in total. The molecule has 0 aliphatic heterocycles. The highest BCUT2D eigenvalue weighted by molar-refractivity contribution is 5.95. The average Bonchev–Trinajstić information content (AvgIpc) is 2.71. The zero-order valence-corrected chi connectivity index (χ0v) is 16.1. The summed E-state index contributed by atoms with van der Waals surface area (Å²) in [5.41, 5.74) is 13.3. The fourth-order valence-electron chi connectivity index (χ4n) is 2.45. The summed E-state index contributed by atoms with van der Waals surface area (Å²) in [6.45, 7) is 0.595. The number of aromatic nitrogens is 1. The lowest BCUT2D eigenvalue weighted by Crippen LogP contribution is -2.10. The highest BCUT2D eigenvalue weighted by Gasteiger charge is 2.04. The number of carbonyl (C=O) groups is 1. The average molecular weight is 391 g/mol. The van der Waals surface area contributed by atoms with Crippen LogP contribution < -0.4 is 20.9 Å². The van der Waals surface area contributed by atoms with E-state index in [4.69, 9.17) is 26.4 Å². The second-order valence-electron chi connectivity index (χ2n) is 6.02. The molecule has 0 aliphatic carbocycles. The molecule has 1 heterocycles. The van der Waals surface area contributed by atoms with Crippen molar-refractivity contribution in [1.82, 2.24) is 4.98 Å². The summed E-state index contributed by atoms with van der Waals surface area (Å²) < 4.78 is 11.4. The third-order valence-corrected chi connectivity index (χ3v) is 3.94. The minimum atomic E-state index is -0.475. The maximum atomic E-state index is 11.1. The first kappa shape index (κ1) is 21.4. The van der Waals surface area contributed by atoms with Crippen LogP contribution in [-0.4, -0.2) is 16.7 Å². The van der Waals surface area contributed by atoms with Gasteiger partial charge in [-0.05, 0) is 60.7 Å². The topological polar surface area (TPSA) is 124 Å². The number of hydrogen-bond donors (Lipinski definition) is 3. The van der Waals surface area contributed by atoms with Gasteiger partial charge in [-0.15, -0.1) is 0 Å². The van der Waals surface area contributed by atoms with Crippen LogP contribution in [-0.2, 0) is 13.2 Å². The van der Waals surface area contributed by atoms with Crippen LogP contribution in [0, 0.1) is 12.8 Å². The second-order valence-corrected chi connectivity index (χ2v) is 6.02. The zero-order chi connectivity index (χ0) is 19.9. The second kappa shape index (κ2) is 9.89. The van der Waals surface area contributed by atoms with Crippen LogP contribution in [0.15, 0.2) is 66.7 Å². The number of nitrogens with one attached hydrogen (secondary N) is 1. The Balaban J connectivity index is 0.00000300. The van der Waals surface area contributed by atoms with Gasteiger partial charge in [0.25, 0.3) is 0 Å². The van der Waals surface area contributed by atoms with E-state index < -0.39 is 5.91 Å². The molecular formula is C22H23N4O3-. The minimum absolute atomic E-state index is 0. The number of nitrogen functional groups attached to an aromatic ring is 1. The van der Waals surface area contributed by atoms with E-state index in [9.17, 15) is 4.79 Å². The Kier molecular flexibility index (Phi) is 7.31. The van der Waals surface area contributed by atoms with Crippen molar-refractivity contribution in [2.24, 2.45) is 11.5 Å². The quantitative estimate of drug-likeness (QED) is 0.309. The van der Waals surface area contributed by atoms with Gasteiger partial charge in [0.2, 0.25) is 5.91 Å². The Morgan fingerprint density at radius 2 is 1.24 bits per heavy atom. The molecule has 0 saturated carbocycles. The zero-order valence-electron chi connectivity index (χ0n) is 16.1. The van der Waals surface area contributed by atoms with Gasteiger partial charge in [-0.3, -0.25) is 15.2 Å². The third kappa shape index (κ3) is 6.07. The van der Waals surface area contributed by atoms with Crippen molar-refractivity contribution in [2.75, 3.05) is 0 Å². The summed E-state index contributed by atoms with van der Waals surface area (Å²) >= 11 is 0. The van der Waals surface area contributed by atoms with E-state index in [-0.39, 0.29) is 19.9 Å². The number of rotatable bonds is 8. The standard InChI is InChI=1S/C21H20N4O3.CH3/c22-20(23)14-4-8-18(9-5-14)27-12-16-2-1-3-17(25-16)13-28-19-10-6-15(7-11-19)21(24)26;/h1-11H,12-13H2,(H3,22,23)(H2,24,26);1H3/q;-1. The monoisotopic (exact) mass is 391 g/mol. The number of primary amides is 1. The fraction of sp³-hybridized carbons (Fsp3) is 0.0909. The first-order valence-electron chi connectivity index (χ1n) is 8.56. The molecule has 3 rings (SSSR count). The maximum absolute atomic E-state index is 11.1. The highest BCUT2D eigenvalue weighted by Crippen LogP contribution is 2.15. The van der Waals surface area contributed by atoms with Gasteiger partial charge in [0.05, 0.1) is 11.4 Å². The van der Waals surface area contributed by atoms with E-state index in [1.165, 1.54) is 0 Å². The fourth-order valence-corrected chi connectivity index (χ4v) is 2.45. The Labute approximate surface area is 169 Å². The minimum Gasteiger partial charge on any atom is -0.487 e. The van der Waals surface area contributed by atoms with Gasteiger partial charge in [0.15, 0.2) is 0 Å². The summed E-state index contributed by atoms with van der Waals surface area (Å²) in [5.74, 6) is 0.837. The van der Waals surface area contributed by atoms with Crippen molar-refractivity contribution < 1.29 is 14.3 Å². The molecule has 7 nitrogen and oxygen atoms in total. The molecule has 0 saturated heterocycles. The smallest absolute Gasteiger partial charge is 0.248 e. The molecule has 0 spiro atoms. The predicted molar refractivity (Wildman–Crippen MR) is 112 cm³/mol. The number of pyridine rings is 1. The largest absolute Gasteiger partial charge is 0.487 e. The van der Waals surface area contributed by atoms with E-state index in [0.29, 0.717) is 29.2 Å². The number of nitrogens with zero attached hydrogens (tertiary/aromatic N) is 1. The van der Waals surface area contributed by atoms with Crippen LogP contribution in [0.2, 0.25) is 0 Å². The van der Waals surface area contributed by atoms with Crippen LogP contribution in [0.4, 0.5) is 0 Å². The van der Waals surface area contributed by atoms with Gasteiger partial charge in [0, 0.05) is 11.1 Å². The molecule has 0 unspecified atom stereocenters. The first-order chi connectivity index (χ1) is 13.5. The van der Waals surface area contributed by atoms with Crippen LogP contribution in [0.25, 0.3) is 0 Å². The molecule has 7 heteroatoms. The van der Waals surface area contributed by atoms with Crippen LogP contribution in [0.1, 0.15) is 27.3 Å². The SMILES string of the molecule is N=C(N)c1ccc(OCc2cccc(COc3ccc(C(N)=O)cc3)n2)cc1.[CH3-]. The molecule has 1 amide bonds. The molecule has 0 fully saturated rings.